The summed E-state index contributed by atoms with van der Waals surface area (Å²) in [7, 11) is 0. The van der Waals surface area contributed by atoms with E-state index in [2.05, 4.69) is 100 Å². The number of hydrogen-bond donors (Lipinski definition) is 0. The third-order valence-corrected chi connectivity index (χ3v) is 6.86. The van der Waals surface area contributed by atoms with Gasteiger partial charge in [0.05, 0.1) is 22.5 Å². The Hall–Kier alpha value is -3.72. The van der Waals surface area contributed by atoms with Crippen molar-refractivity contribution in [3.8, 4) is 27.9 Å². The number of pyridine rings is 1. The fourth-order valence-electron chi connectivity index (χ4n) is 5.19. The summed E-state index contributed by atoms with van der Waals surface area (Å²) in [6.07, 6.45) is 1.95. The summed E-state index contributed by atoms with van der Waals surface area (Å²) in [5, 5.41) is 6.38. The number of fused-ring (bicyclic) bond motifs is 4. The van der Waals surface area contributed by atoms with Crippen LogP contribution in [0, 0.1) is 6.92 Å². The van der Waals surface area contributed by atoms with Gasteiger partial charge in [-0.2, -0.15) is 5.10 Å². The Labute approximate surface area is 201 Å². The van der Waals surface area contributed by atoms with E-state index in [1.165, 1.54) is 39.1 Å². The lowest BCUT2D eigenvalue weighted by atomic mass is 9.80. The molecule has 0 saturated heterocycles. The lowest BCUT2D eigenvalue weighted by molar-refractivity contribution is 0.565. The second-order valence-electron chi connectivity index (χ2n) is 10.4. The standard InChI is InChI=1S/C31H29N3/c1-20-14-16-22(17-15-20)26-27-24-13-9-8-10-21(24)18-19-25(27)32-30-28(26)29(31(2,3)4)33-34(30)23-11-6-5-7-12-23/h5-17H,18-19H2,1-4H3. The fraction of sp³-hybridized carbons (Fsp3) is 0.226. The van der Waals surface area contributed by atoms with E-state index >= 15 is 0 Å². The first-order valence-corrected chi connectivity index (χ1v) is 12.1. The van der Waals surface area contributed by atoms with Crippen LogP contribution in [0.5, 0.6) is 0 Å². The Bertz CT molecular complexity index is 1520. The highest BCUT2D eigenvalue weighted by Crippen LogP contribution is 2.46. The molecule has 0 bridgehead atoms. The van der Waals surface area contributed by atoms with Crippen molar-refractivity contribution in [1.82, 2.24) is 14.8 Å². The number of rotatable bonds is 2. The minimum Gasteiger partial charge on any atom is -0.232 e. The summed E-state index contributed by atoms with van der Waals surface area (Å²) >= 11 is 0. The quantitative estimate of drug-likeness (QED) is 0.283. The van der Waals surface area contributed by atoms with Crippen molar-refractivity contribution < 1.29 is 0 Å². The van der Waals surface area contributed by atoms with Gasteiger partial charge in [-0.25, -0.2) is 9.67 Å². The molecular weight excluding hydrogens is 414 g/mol. The van der Waals surface area contributed by atoms with Gasteiger partial charge < -0.3 is 0 Å². The minimum absolute atomic E-state index is 0.137. The monoisotopic (exact) mass is 443 g/mol. The van der Waals surface area contributed by atoms with E-state index in [0.717, 1.165) is 35.3 Å². The molecule has 34 heavy (non-hydrogen) atoms. The molecule has 6 rings (SSSR count). The molecule has 3 heteroatoms. The first kappa shape index (κ1) is 20.9. The summed E-state index contributed by atoms with van der Waals surface area (Å²) in [6, 6.07) is 28.2. The van der Waals surface area contributed by atoms with Crippen molar-refractivity contribution in [2.45, 2.75) is 46.0 Å². The Balaban J connectivity index is 1.81. The summed E-state index contributed by atoms with van der Waals surface area (Å²) in [4.78, 5) is 5.33. The Morgan fingerprint density at radius 1 is 0.765 bits per heavy atom. The van der Waals surface area contributed by atoms with Gasteiger partial charge in [0, 0.05) is 16.5 Å². The van der Waals surface area contributed by atoms with Crippen molar-refractivity contribution in [2.24, 2.45) is 0 Å². The van der Waals surface area contributed by atoms with Gasteiger partial charge in [-0.05, 0) is 48.6 Å². The highest BCUT2D eigenvalue weighted by Gasteiger charge is 2.31. The molecule has 0 amide bonds. The van der Waals surface area contributed by atoms with Crippen LogP contribution in [0.25, 0.3) is 39.0 Å². The molecule has 0 radical (unpaired) electrons. The summed E-state index contributed by atoms with van der Waals surface area (Å²) in [6.45, 7) is 8.88. The van der Waals surface area contributed by atoms with Crippen molar-refractivity contribution in [2.75, 3.05) is 0 Å². The number of aromatic nitrogens is 3. The van der Waals surface area contributed by atoms with Crippen LogP contribution in [0.2, 0.25) is 0 Å². The lowest BCUT2D eigenvalue weighted by Gasteiger charge is -2.24. The van der Waals surface area contributed by atoms with Gasteiger partial charge in [0.1, 0.15) is 0 Å². The van der Waals surface area contributed by atoms with Crippen molar-refractivity contribution in [3.63, 3.8) is 0 Å². The predicted octanol–water partition coefficient (Wildman–Crippen LogP) is 7.46. The highest BCUT2D eigenvalue weighted by molar-refractivity contribution is 6.05. The number of hydrogen-bond acceptors (Lipinski definition) is 2. The summed E-state index contributed by atoms with van der Waals surface area (Å²) in [5.41, 5.74) is 11.8. The van der Waals surface area contributed by atoms with Crippen LogP contribution >= 0.6 is 0 Å². The molecule has 3 aromatic carbocycles. The van der Waals surface area contributed by atoms with Gasteiger partial charge >= 0.3 is 0 Å². The molecule has 1 aliphatic rings. The van der Waals surface area contributed by atoms with Crippen molar-refractivity contribution >= 4 is 11.0 Å². The highest BCUT2D eigenvalue weighted by atomic mass is 15.3. The Morgan fingerprint density at radius 3 is 2.21 bits per heavy atom. The van der Waals surface area contributed by atoms with E-state index in [1.54, 1.807) is 0 Å². The molecule has 0 spiro atoms. The first-order valence-electron chi connectivity index (χ1n) is 12.1. The normalized spacial score (nSPS) is 13.1. The predicted molar refractivity (Wildman–Crippen MR) is 141 cm³/mol. The van der Waals surface area contributed by atoms with E-state index in [1.807, 2.05) is 10.7 Å². The molecule has 1 aliphatic carbocycles. The minimum atomic E-state index is -0.137. The number of aryl methyl sites for hydroxylation is 3. The zero-order chi connectivity index (χ0) is 23.4. The smallest absolute Gasteiger partial charge is 0.164 e. The Morgan fingerprint density at radius 2 is 1.47 bits per heavy atom. The van der Waals surface area contributed by atoms with E-state index in [9.17, 15) is 0 Å². The molecule has 2 heterocycles. The number of para-hydroxylation sites is 1. The second-order valence-corrected chi connectivity index (χ2v) is 10.4. The largest absolute Gasteiger partial charge is 0.232 e. The first-order chi connectivity index (χ1) is 16.4. The average molecular weight is 444 g/mol. The summed E-state index contributed by atoms with van der Waals surface area (Å²) in [5.74, 6) is 0. The van der Waals surface area contributed by atoms with Crippen LogP contribution in [0.4, 0.5) is 0 Å². The molecule has 168 valence electrons. The fourth-order valence-corrected chi connectivity index (χ4v) is 5.19. The molecular formula is C31H29N3. The van der Waals surface area contributed by atoms with Crippen LogP contribution in [0.15, 0.2) is 78.9 Å². The van der Waals surface area contributed by atoms with Crippen LogP contribution in [0.3, 0.4) is 0 Å². The maximum atomic E-state index is 5.33. The van der Waals surface area contributed by atoms with Gasteiger partial charge in [-0.1, -0.05) is 93.1 Å². The molecule has 0 fully saturated rings. The zero-order valence-electron chi connectivity index (χ0n) is 20.3. The Kier molecular flexibility index (Phi) is 4.70. The third-order valence-electron chi connectivity index (χ3n) is 6.86. The maximum absolute atomic E-state index is 5.33. The van der Waals surface area contributed by atoms with Gasteiger partial charge in [0.15, 0.2) is 5.65 Å². The van der Waals surface area contributed by atoms with Gasteiger partial charge in [0.25, 0.3) is 0 Å². The average Bonchev–Trinajstić information content (AvgIpc) is 3.23. The molecule has 0 N–H and O–H groups in total. The van der Waals surface area contributed by atoms with Gasteiger partial charge in [0.2, 0.25) is 0 Å². The third kappa shape index (κ3) is 3.27. The van der Waals surface area contributed by atoms with E-state index in [0.29, 0.717) is 0 Å². The molecule has 0 atom stereocenters. The second kappa shape index (κ2) is 7.66. The molecule has 0 aliphatic heterocycles. The summed E-state index contributed by atoms with van der Waals surface area (Å²) < 4.78 is 2.05. The molecule has 0 saturated carbocycles. The molecule has 5 aromatic rings. The van der Waals surface area contributed by atoms with Crippen LogP contribution in [-0.2, 0) is 18.3 Å². The van der Waals surface area contributed by atoms with E-state index in [4.69, 9.17) is 10.1 Å². The van der Waals surface area contributed by atoms with E-state index in [-0.39, 0.29) is 5.41 Å². The van der Waals surface area contributed by atoms with E-state index < -0.39 is 0 Å². The van der Waals surface area contributed by atoms with Crippen molar-refractivity contribution in [1.29, 1.82) is 0 Å². The molecule has 3 nitrogen and oxygen atoms in total. The van der Waals surface area contributed by atoms with Gasteiger partial charge in [-0.3, -0.25) is 0 Å². The number of nitrogens with zero attached hydrogens (tertiary/aromatic N) is 3. The SMILES string of the molecule is Cc1ccc(-c2c3c(nc4c2c(C(C)(C)C)nn4-c2ccccc2)CCc2ccccc2-3)cc1. The van der Waals surface area contributed by atoms with Crippen molar-refractivity contribution in [3.05, 3.63) is 101 Å². The van der Waals surface area contributed by atoms with Gasteiger partial charge in [-0.15, -0.1) is 0 Å². The lowest BCUT2D eigenvalue weighted by Crippen LogP contribution is -2.14. The topological polar surface area (TPSA) is 30.7 Å². The van der Waals surface area contributed by atoms with Crippen LogP contribution in [0.1, 0.15) is 43.3 Å². The number of benzene rings is 3. The zero-order valence-corrected chi connectivity index (χ0v) is 20.3. The van der Waals surface area contributed by atoms with Crippen LogP contribution < -0.4 is 0 Å². The molecule has 0 unspecified atom stereocenters. The molecule has 2 aromatic heterocycles. The van der Waals surface area contributed by atoms with Crippen LogP contribution in [-0.4, -0.2) is 14.8 Å². The maximum Gasteiger partial charge on any atom is 0.164 e.